The van der Waals surface area contributed by atoms with E-state index < -0.39 is 6.10 Å². The molecule has 25 heavy (non-hydrogen) atoms. The van der Waals surface area contributed by atoms with Crippen LogP contribution in [0, 0.1) is 11.3 Å². The minimum Gasteiger partial charge on any atom is -0.477 e. The van der Waals surface area contributed by atoms with Crippen molar-refractivity contribution in [1.29, 1.82) is 5.26 Å². The Morgan fingerprint density at radius 2 is 2.04 bits per heavy atom. The topological polar surface area (TPSA) is 65.4 Å². The molecular weight excluding hydrogens is 314 g/mol. The van der Waals surface area contributed by atoms with E-state index >= 15 is 0 Å². The first kappa shape index (κ1) is 16.8. The Morgan fingerprint density at radius 1 is 1.28 bits per heavy atom. The molecule has 0 aliphatic carbocycles. The van der Waals surface area contributed by atoms with Crippen LogP contribution in [0.25, 0.3) is 0 Å². The number of benzene rings is 2. The molecule has 0 aromatic heterocycles. The number of fused-ring (bicyclic) bond motifs is 1. The first-order chi connectivity index (χ1) is 12.2. The Labute approximate surface area is 147 Å². The lowest BCUT2D eigenvalue weighted by Gasteiger charge is -2.35. The van der Waals surface area contributed by atoms with Crippen LogP contribution < -0.4 is 15.0 Å². The van der Waals surface area contributed by atoms with Gasteiger partial charge in [0, 0.05) is 13.1 Å². The maximum atomic E-state index is 12.4. The quantitative estimate of drug-likeness (QED) is 0.912. The molecule has 1 heterocycles. The normalized spacial score (nSPS) is 15.7. The number of para-hydroxylation sites is 2. The smallest absolute Gasteiger partial charge is 0.262 e. The molecular formula is C20H21N3O2. The number of nitrogens with one attached hydrogen (secondary N) is 1. The number of rotatable bonds is 5. The van der Waals surface area contributed by atoms with Gasteiger partial charge in [-0.15, -0.1) is 0 Å². The van der Waals surface area contributed by atoms with E-state index in [1.165, 1.54) is 0 Å². The number of amides is 1. The van der Waals surface area contributed by atoms with Gasteiger partial charge in [0.15, 0.2) is 6.10 Å². The molecule has 0 fully saturated rings. The number of anilines is 1. The van der Waals surface area contributed by atoms with E-state index in [0.717, 1.165) is 17.7 Å². The van der Waals surface area contributed by atoms with Gasteiger partial charge in [-0.1, -0.05) is 37.3 Å². The van der Waals surface area contributed by atoms with Gasteiger partial charge in [0.05, 0.1) is 23.9 Å². The molecule has 1 atom stereocenters. The summed E-state index contributed by atoms with van der Waals surface area (Å²) in [4.78, 5) is 14.5. The van der Waals surface area contributed by atoms with E-state index in [9.17, 15) is 10.1 Å². The standard InChI is InChI=1S/C20H21N3O2/c1-2-11-22-20(24)19-14-23(17-9-5-6-10-18(17)25-19)13-16-8-4-3-7-15(16)12-21/h3-10,19H,2,11,13-14H2,1H3,(H,22,24)/t19-/m0/s1. The third kappa shape index (κ3) is 3.74. The summed E-state index contributed by atoms with van der Waals surface area (Å²) in [7, 11) is 0. The molecule has 5 heteroatoms. The summed E-state index contributed by atoms with van der Waals surface area (Å²) in [5.74, 6) is 0.592. The maximum absolute atomic E-state index is 12.4. The fourth-order valence-corrected chi connectivity index (χ4v) is 2.93. The van der Waals surface area contributed by atoms with Gasteiger partial charge in [-0.25, -0.2) is 0 Å². The number of carbonyl (C=O) groups is 1. The second-order valence-electron chi connectivity index (χ2n) is 6.01. The van der Waals surface area contributed by atoms with E-state index in [1.54, 1.807) is 0 Å². The fourth-order valence-electron chi connectivity index (χ4n) is 2.93. The van der Waals surface area contributed by atoms with E-state index in [4.69, 9.17) is 4.74 Å². The predicted octanol–water partition coefficient (Wildman–Crippen LogP) is 2.85. The van der Waals surface area contributed by atoms with Crippen molar-refractivity contribution in [3.05, 3.63) is 59.7 Å². The van der Waals surface area contributed by atoms with E-state index in [1.807, 2.05) is 55.5 Å². The second kappa shape index (κ2) is 7.71. The fraction of sp³-hybridized carbons (Fsp3) is 0.300. The highest BCUT2D eigenvalue weighted by Crippen LogP contribution is 2.34. The van der Waals surface area contributed by atoms with Crippen molar-refractivity contribution in [2.24, 2.45) is 0 Å². The van der Waals surface area contributed by atoms with Gasteiger partial charge in [-0.3, -0.25) is 4.79 Å². The molecule has 0 saturated heterocycles. The summed E-state index contributed by atoms with van der Waals surface area (Å²) in [5, 5.41) is 12.2. The van der Waals surface area contributed by atoms with Gasteiger partial charge in [0.2, 0.25) is 0 Å². The Morgan fingerprint density at radius 3 is 2.84 bits per heavy atom. The molecule has 1 N–H and O–H groups in total. The lowest BCUT2D eigenvalue weighted by molar-refractivity contribution is -0.127. The average molecular weight is 335 g/mol. The molecule has 1 aliphatic rings. The van der Waals surface area contributed by atoms with Crippen molar-refractivity contribution in [3.8, 4) is 11.8 Å². The van der Waals surface area contributed by atoms with E-state index in [0.29, 0.717) is 30.9 Å². The van der Waals surface area contributed by atoms with Gasteiger partial charge < -0.3 is 15.0 Å². The predicted molar refractivity (Wildman–Crippen MR) is 96.4 cm³/mol. The Hall–Kier alpha value is -3.00. The van der Waals surface area contributed by atoms with Gasteiger partial charge >= 0.3 is 0 Å². The number of nitrogens with zero attached hydrogens (tertiary/aromatic N) is 2. The van der Waals surface area contributed by atoms with Crippen molar-refractivity contribution in [2.75, 3.05) is 18.0 Å². The summed E-state index contributed by atoms with van der Waals surface area (Å²) in [5.41, 5.74) is 2.53. The molecule has 2 aromatic rings. The highest BCUT2D eigenvalue weighted by Gasteiger charge is 2.30. The SMILES string of the molecule is CCCNC(=O)[C@@H]1CN(Cc2ccccc2C#N)c2ccccc2O1. The molecule has 5 nitrogen and oxygen atoms in total. The first-order valence-electron chi connectivity index (χ1n) is 8.49. The summed E-state index contributed by atoms with van der Waals surface area (Å²) < 4.78 is 5.90. The molecule has 0 saturated carbocycles. The van der Waals surface area contributed by atoms with Gasteiger partial charge in [0.25, 0.3) is 5.91 Å². The summed E-state index contributed by atoms with van der Waals surface area (Å²) >= 11 is 0. The molecule has 0 bridgehead atoms. The summed E-state index contributed by atoms with van der Waals surface area (Å²) in [6.45, 7) is 3.66. The molecule has 2 aromatic carbocycles. The van der Waals surface area contributed by atoms with Gasteiger partial charge in [-0.2, -0.15) is 5.26 Å². The zero-order valence-corrected chi connectivity index (χ0v) is 14.2. The monoisotopic (exact) mass is 335 g/mol. The lowest BCUT2D eigenvalue weighted by Crippen LogP contribution is -2.49. The number of ether oxygens (including phenoxy) is 1. The minimum atomic E-state index is -0.560. The molecule has 0 radical (unpaired) electrons. The molecule has 0 unspecified atom stereocenters. The van der Waals surface area contributed by atoms with Crippen molar-refractivity contribution in [1.82, 2.24) is 5.32 Å². The molecule has 128 valence electrons. The van der Waals surface area contributed by atoms with Crippen LogP contribution in [0.1, 0.15) is 24.5 Å². The minimum absolute atomic E-state index is 0.102. The second-order valence-corrected chi connectivity index (χ2v) is 6.01. The molecule has 1 amide bonds. The lowest BCUT2D eigenvalue weighted by atomic mass is 10.1. The van der Waals surface area contributed by atoms with Crippen LogP contribution >= 0.6 is 0 Å². The van der Waals surface area contributed by atoms with Crippen LogP contribution in [0.4, 0.5) is 5.69 Å². The Bertz CT molecular complexity index is 798. The van der Waals surface area contributed by atoms with E-state index in [-0.39, 0.29) is 5.91 Å². The van der Waals surface area contributed by atoms with E-state index in [2.05, 4.69) is 16.3 Å². The van der Waals surface area contributed by atoms with Crippen molar-refractivity contribution >= 4 is 11.6 Å². The van der Waals surface area contributed by atoms with Crippen LogP contribution in [0.5, 0.6) is 5.75 Å². The number of hydrogen-bond acceptors (Lipinski definition) is 4. The number of nitriles is 1. The van der Waals surface area contributed by atoms with Crippen LogP contribution in [-0.4, -0.2) is 25.1 Å². The highest BCUT2D eigenvalue weighted by molar-refractivity contribution is 5.83. The molecule has 3 rings (SSSR count). The zero-order chi connectivity index (χ0) is 17.6. The van der Waals surface area contributed by atoms with Crippen LogP contribution in [0.15, 0.2) is 48.5 Å². The van der Waals surface area contributed by atoms with Crippen molar-refractivity contribution in [2.45, 2.75) is 26.0 Å². The summed E-state index contributed by atoms with van der Waals surface area (Å²) in [6, 6.07) is 17.5. The first-order valence-corrected chi connectivity index (χ1v) is 8.49. The number of hydrogen-bond donors (Lipinski definition) is 1. The third-order valence-corrected chi connectivity index (χ3v) is 4.20. The van der Waals surface area contributed by atoms with Crippen LogP contribution in [0.2, 0.25) is 0 Å². The summed E-state index contributed by atoms with van der Waals surface area (Å²) in [6.07, 6.45) is 0.324. The van der Waals surface area contributed by atoms with Crippen LogP contribution in [-0.2, 0) is 11.3 Å². The molecule has 1 aliphatic heterocycles. The molecule has 0 spiro atoms. The number of carbonyl (C=O) groups excluding carboxylic acids is 1. The van der Waals surface area contributed by atoms with Crippen molar-refractivity contribution in [3.63, 3.8) is 0 Å². The zero-order valence-electron chi connectivity index (χ0n) is 14.2. The van der Waals surface area contributed by atoms with Gasteiger partial charge in [0.1, 0.15) is 5.75 Å². The maximum Gasteiger partial charge on any atom is 0.262 e. The van der Waals surface area contributed by atoms with Crippen LogP contribution in [0.3, 0.4) is 0 Å². The Kier molecular flexibility index (Phi) is 5.20. The largest absolute Gasteiger partial charge is 0.477 e. The highest BCUT2D eigenvalue weighted by atomic mass is 16.5. The Balaban J connectivity index is 1.86. The third-order valence-electron chi connectivity index (χ3n) is 4.20. The van der Waals surface area contributed by atoms with Gasteiger partial charge in [-0.05, 0) is 30.2 Å². The average Bonchev–Trinajstić information content (AvgIpc) is 2.66. The van der Waals surface area contributed by atoms with Crippen molar-refractivity contribution < 1.29 is 9.53 Å².